The average molecular weight is 451 g/mol. The monoisotopic (exact) mass is 451 g/mol. The molecule has 0 unspecified atom stereocenters. The van der Waals surface area contributed by atoms with Gasteiger partial charge >= 0.3 is 88.7 Å². The van der Waals surface area contributed by atoms with Gasteiger partial charge in [-0.25, -0.2) is 0 Å². The summed E-state index contributed by atoms with van der Waals surface area (Å²) in [4.78, 5) is 27.6. The van der Waals surface area contributed by atoms with Crippen LogP contribution in [0.25, 0.3) is 0 Å². The van der Waals surface area contributed by atoms with Gasteiger partial charge in [0.2, 0.25) is 0 Å². The van der Waals surface area contributed by atoms with E-state index in [1.54, 1.807) is 0 Å². The van der Waals surface area contributed by atoms with Crippen LogP contribution < -0.4 is 103 Å². The Morgan fingerprint density at radius 3 is 1.43 bits per heavy atom. The molecule has 0 bridgehead atoms. The fourth-order valence-corrected chi connectivity index (χ4v) is 2.52. The summed E-state index contributed by atoms with van der Waals surface area (Å²) in [5, 5.41) is 19.7. The summed E-state index contributed by atoms with van der Waals surface area (Å²) in [6, 6.07) is 0. The second-order valence-corrected chi connectivity index (χ2v) is 7.59. The van der Waals surface area contributed by atoms with Gasteiger partial charge in [0.15, 0.2) is 5.79 Å². The molecule has 0 atom stereocenters. The molecule has 0 heterocycles. The molecule has 0 rings (SSSR count). The van der Waals surface area contributed by atoms with Crippen LogP contribution in [0.2, 0.25) is 0 Å². The van der Waals surface area contributed by atoms with E-state index in [-0.39, 0.29) is 88.7 Å². The molecular formula is C17H37NNa3O6P. The van der Waals surface area contributed by atoms with Crippen molar-refractivity contribution in [2.45, 2.75) is 90.3 Å². The van der Waals surface area contributed by atoms with Gasteiger partial charge in [-0.15, -0.1) is 0 Å². The fraction of sp³-hybridized carbons (Fsp3) is 1.00. The van der Waals surface area contributed by atoms with Crippen molar-refractivity contribution in [2.75, 3.05) is 20.1 Å². The third-order valence-corrected chi connectivity index (χ3v) is 3.99. The zero-order valence-electron chi connectivity index (χ0n) is 19.1. The van der Waals surface area contributed by atoms with Crippen LogP contribution in [0.4, 0.5) is 0 Å². The van der Waals surface area contributed by atoms with E-state index in [2.05, 4.69) is 6.92 Å². The SMILES string of the molecule is CCCCCCCCCCCCC(O)(O)CN(C)CC.O=P([O-])([O-])[O-].[Na+].[Na+].[Na+]. The summed E-state index contributed by atoms with van der Waals surface area (Å²) < 4.78 is 8.55. The summed E-state index contributed by atoms with van der Waals surface area (Å²) in [5.41, 5.74) is 0. The average Bonchev–Trinajstić information content (AvgIpc) is 2.47. The molecular weight excluding hydrogens is 414 g/mol. The standard InChI is InChI=1S/C17H37NO2.3Na.H3O4P/c1-4-6-7-8-9-10-11-12-13-14-15-17(19,20)16-18(3)5-2;;;;1-5(2,3)4/h19-20H,4-16H2,1-3H3;;;;(H3,1,2,3,4)/q;3*+1;/p-3. The van der Waals surface area contributed by atoms with Crippen LogP contribution in [0.15, 0.2) is 0 Å². The van der Waals surface area contributed by atoms with Gasteiger partial charge in [0.05, 0.1) is 6.54 Å². The molecule has 0 aliphatic heterocycles. The zero-order chi connectivity index (χ0) is 19.8. The third kappa shape index (κ3) is 43.0. The maximum atomic E-state index is 9.85. The molecule has 0 spiro atoms. The number of hydrogen-bond donors (Lipinski definition) is 2. The predicted molar refractivity (Wildman–Crippen MR) is 94.4 cm³/mol. The summed E-state index contributed by atoms with van der Waals surface area (Å²) in [6.07, 6.45) is 13.2. The van der Waals surface area contributed by atoms with E-state index in [4.69, 9.17) is 19.2 Å². The van der Waals surface area contributed by atoms with Crippen molar-refractivity contribution in [2.24, 2.45) is 0 Å². The number of hydrogen-bond acceptors (Lipinski definition) is 7. The van der Waals surface area contributed by atoms with Crippen LogP contribution >= 0.6 is 7.82 Å². The van der Waals surface area contributed by atoms with Crippen LogP contribution in [0.3, 0.4) is 0 Å². The quantitative estimate of drug-likeness (QED) is 0.116. The first-order valence-electron chi connectivity index (χ1n) is 9.38. The number of unbranched alkanes of at least 4 members (excludes halogenated alkanes) is 9. The first-order chi connectivity index (χ1) is 11.5. The zero-order valence-corrected chi connectivity index (χ0v) is 26.0. The number of nitrogens with zero attached hydrogens (tertiary/aromatic N) is 1. The summed E-state index contributed by atoms with van der Waals surface area (Å²) >= 11 is 0. The van der Waals surface area contributed by atoms with Crippen molar-refractivity contribution in [3.05, 3.63) is 0 Å². The molecule has 0 radical (unpaired) electrons. The van der Waals surface area contributed by atoms with Gasteiger partial charge in [-0.2, -0.15) is 7.82 Å². The number of rotatable bonds is 14. The molecule has 11 heteroatoms. The van der Waals surface area contributed by atoms with Gasteiger partial charge < -0.3 is 34.4 Å². The van der Waals surface area contributed by atoms with E-state index in [0.29, 0.717) is 13.0 Å². The molecule has 2 N–H and O–H groups in total. The van der Waals surface area contributed by atoms with E-state index in [1.165, 1.54) is 51.4 Å². The molecule has 0 aromatic rings. The molecule has 0 amide bonds. The Labute approximate surface area is 238 Å². The molecule has 0 aromatic heterocycles. The van der Waals surface area contributed by atoms with Crippen LogP contribution in [-0.4, -0.2) is 41.0 Å². The third-order valence-electron chi connectivity index (χ3n) is 3.99. The van der Waals surface area contributed by atoms with Gasteiger partial charge in [-0.1, -0.05) is 71.6 Å². The first kappa shape index (κ1) is 41.3. The predicted octanol–water partition coefficient (Wildman–Crippen LogP) is -7.88. The number of likely N-dealkylation sites (N-methyl/N-ethyl adjacent to an activating group) is 1. The minimum Gasteiger partial charge on any atom is -0.822 e. The normalized spacial score (nSPS) is 10.9. The largest absolute Gasteiger partial charge is 1.00 e. The smallest absolute Gasteiger partial charge is 0.822 e. The van der Waals surface area contributed by atoms with E-state index in [0.717, 1.165) is 19.4 Å². The van der Waals surface area contributed by atoms with Crippen LogP contribution in [0, 0.1) is 0 Å². The molecule has 0 saturated carbocycles. The Bertz CT molecular complexity index is 341. The van der Waals surface area contributed by atoms with Crippen molar-refractivity contribution in [1.29, 1.82) is 0 Å². The Kier molecular flexibility index (Phi) is 38.7. The molecule has 7 nitrogen and oxygen atoms in total. The fourth-order valence-electron chi connectivity index (χ4n) is 2.52. The molecule has 0 fully saturated rings. The molecule has 154 valence electrons. The summed E-state index contributed by atoms with van der Waals surface area (Å²) in [7, 11) is -3.47. The second-order valence-electron chi connectivity index (χ2n) is 6.69. The second kappa shape index (κ2) is 26.2. The van der Waals surface area contributed by atoms with Crippen LogP contribution in [0.5, 0.6) is 0 Å². The molecule has 0 aliphatic carbocycles. The van der Waals surface area contributed by atoms with Crippen LogP contribution in [-0.2, 0) is 4.57 Å². The van der Waals surface area contributed by atoms with Gasteiger partial charge in [-0.05, 0) is 20.0 Å². The minimum atomic E-state index is -5.39. The Balaban J connectivity index is -0.000000195. The van der Waals surface area contributed by atoms with Crippen molar-refractivity contribution >= 4 is 7.82 Å². The van der Waals surface area contributed by atoms with Crippen molar-refractivity contribution < 1.29 is 118 Å². The Hall–Kier alpha value is 2.99. The van der Waals surface area contributed by atoms with E-state index in [1.807, 2.05) is 18.9 Å². The molecule has 0 aliphatic rings. The Morgan fingerprint density at radius 1 is 0.786 bits per heavy atom. The van der Waals surface area contributed by atoms with Gasteiger partial charge in [0.1, 0.15) is 0 Å². The summed E-state index contributed by atoms with van der Waals surface area (Å²) in [5.74, 6) is -1.51. The van der Waals surface area contributed by atoms with Crippen molar-refractivity contribution in [3.8, 4) is 0 Å². The van der Waals surface area contributed by atoms with Crippen LogP contribution in [0.1, 0.15) is 84.5 Å². The molecule has 0 saturated heterocycles. The molecule has 0 aromatic carbocycles. The van der Waals surface area contributed by atoms with Crippen molar-refractivity contribution in [1.82, 2.24) is 4.90 Å². The van der Waals surface area contributed by atoms with Gasteiger partial charge in [-0.3, -0.25) is 0 Å². The van der Waals surface area contributed by atoms with E-state index >= 15 is 0 Å². The maximum Gasteiger partial charge on any atom is 1.00 e. The molecule has 28 heavy (non-hydrogen) atoms. The minimum absolute atomic E-state index is 0. The number of phosphoric acid groups is 1. The maximum absolute atomic E-state index is 9.85. The topological polar surface area (TPSA) is 130 Å². The summed E-state index contributed by atoms with van der Waals surface area (Å²) in [6.45, 7) is 5.47. The first-order valence-corrected chi connectivity index (χ1v) is 10.8. The van der Waals surface area contributed by atoms with E-state index < -0.39 is 13.6 Å². The number of aliphatic hydroxyl groups is 2. The van der Waals surface area contributed by atoms with Gasteiger partial charge in [0.25, 0.3) is 0 Å². The van der Waals surface area contributed by atoms with E-state index in [9.17, 15) is 10.2 Å². The Morgan fingerprint density at radius 2 is 1.11 bits per heavy atom. The van der Waals surface area contributed by atoms with Crippen molar-refractivity contribution in [3.63, 3.8) is 0 Å². The van der Waals surface area contributed by atoms with Gasteiger partial charge in [0, 0.05) is 6.42 Å².